The van der Waals surface area contributed by atoms with Gasteiger partial charge >= 0.3 is 6.18 Å². The van der Waals surface area contributed by atoms with Gasteiger partial charge in [-0.05, 0) is 60.1 Å². The van der Waals surface area contributed by atoms with Gasteiger partial charge in [-0.1, -0.05) is 12.1 Å². The number of nitriles is 1. The summed E-state index contributed by atoms with van der Waals surface area (Å²) in [7, 11) is 0. The molecule has 0 aliphatic heterocycles. The van der Waals surface area contributed by atoms with Crippen LogP contribution in [0.5, 0.6) is 0 Å². The molecule has 0 saturated heterocycles. The molecule has 1 aliphatic carbocycles. The van der Waals surface area contributed by atoms with Crippen LogP contribution in [0.3, 0.4) is 0 Å². The molecule has 0 bridgehead atoms. The standard InChI is InChI=1S/C20H17F3N4O.H2/c21-20(22,23)17-16-15(3-6-25-18(16)27-26-17)13-8-12(2-1-7-28)9-14(10-13)19(11-24)4-5-19;/h3,6,8-10,28H,1-2,4-5,7H2,(H,25,26,27);1H. The van der Waals surface area contributed by atoms with Crippen LogP contribution < -0.4 is 0 Å². The summed E-state index contributed by atoms with van der Waals surface area (Å²) >= 11 is 0. The van der Waals surface area contributed by atoms with Crippen molar-refractivity contribution in [3.05, 3.63) is 47.3 Å². The maximum Gasteiger partial charge on any atom is 0.433 e. The largest absolute Gasteiger partial charge is 0.433 e. The summed E-state index contributed by atoms with van der Waals surface area (Å²) in [5.41, 5.74) is 1.13. The van der Waals surface area contributed by atoms with Crippen molar-refractivity contribution in [2.45, 2.75) is 37.3 Å². The Balaban J connectivity index is 0.00000240. The molecule has 2 aromatic heterocycles. The predicted octanol–water partition coefficient (Wildman–Crippen LogP) is 4.37. The van der Waals surface area contributed by atoms with Crippen LogP contribution in [-0.4, -0.2) is 26.9 Å². The van der Waals surface area contributed by atoms with Crippen molar-refractivity contribution in [2.24, 2.45) is 0 Å². The van der Waals surface area contributed by atoms with Gasteiger partial charge in [0, 0.05) is 14.2 Å². The van der Waals surface area contributed by atoms with Gasteiger partial charge in [-0.25, -0.2) is 4.98 Å². The number of alkyl halides is 3. The fourth-order valence-electron chi connectivity index (χ4n) is 3.53. The van der Waals surface area contributed by atoms with Crippen molar-refractivity contribution >= 4 is 11.0 Å². The van der Waals surface area contributed by atoms with Crippen molar-refractivity contribution < 1.29 is 19.7 Å². The van der Waals surface area contributed by atoms with E-state index in [4.69, 9.17) is 5.11 Å². The molecule has 1 saturated carbocycles. The number of aryl methyl sites for hydroxylation is 1. The highest BCUT2D eigenvalue weighted by Gasteiger charge is 2.45. The van der Waals surface area contributed by atoms with Crippen molar-refractivity contribution in [1.82, 2.24) is 15.2 Å². The van der Waals surface area contributed by atoms with Crippen LogP contribution in [0.4, 0.5) is 13.2 Å². The number of nitrogens with zero attached hydrogens (tertiary/aromatic N) is 3. The minimum Gasteiger partial charge on any atom is -0.396 e. The molecule has 146 valence electrons. The Morgan fingerprint density at radius 2 is 2.07 bits per heavy atom. The van der Waals surface area contributed by atoms with Crippen LogP contribution in [0.15, 0.2) is 30.5 Å². The van der Waals surface area contributed by atoms with Crippen LogP contribution in [0, 0.1) is 11.3 Å². The quantitative estimate of drug-likeness (QED) is 0.680. The molecule has 3 aromatic rings. The Bertz CT molecular complexity index is 1080. The maximum absolute atomic E-state index is 13.5. The van der Waals surface area contributed by atoms with E-state index < -0.39 is 17.3 Å². The molecule has 2 N–H and O–H groups in total. The first kappa shape index (κ1) is 18.4. The van der Waals surface area contributed by atoms with E-state index in [-0.39, 0.29) is 19.1 Å². The number of rotatable bonds is 5. The zero-order valence-electron chi connectivity index (χ0n) is 14.8. The number of pyridine rings is 1. The highest BCUT2D eigenvalue weighted by Crippen LogP contribution is 2.49. The summed E-state index contributed by atoms with van der Waals surface area (Å²) < 4.78 is 40.4. The third-order valence-electron chi connectivity index (χ3n) is 5.18. The summed E-state index contributed by atoms with van der Waals surface area (Å²) in [6, 6.07) is 9.40. The summed E-state index contributed by atoms with van der Waals surface area (Å²) in [5.74, 6) is 0. The Kier molecular flexibility index (Phi) is 4.35. The lowest BCUT2D eigenvalue weighted by Crippen LogP contribution is -2.07. The Hall–Kier alpha value is -2.92. The molecule has 1 aliphatic rings. The molecule has 1 aromatic carbocycles. The SMILES string of the molecule is N#CC1(c2cc(CCCO)cc(-c3ccnc4n[nH]c(C(F)(F)F)c34)c2)CC1.[HH]. The number of H-pyrrole nitrogens is 1. The molecular formula is C20H19F3N4O. The highest BCUT2D eigenvalue weighted by atomic mass is 19.4. The first-order valence-electron chi connectivity index (χ1n) is 8.95. The molecule has 0 radical (unpaired) electrons. The van der Waals surface area contributed by atoms with E-state index in [9.17, 15) is 18.4 Å². The molecule has 5 nitrogen and oxygen atoms in total. The minimum atomic E-state index is -4.59. The van der Waals surface area contributed by atoms with Crippen molar-refractivity contribution in [3.8, 4) is 17.2 Å². The molecule has 0 unspecified atom stereocenters. The zero-order chi connectivity index (χ0) is 19.9. The molecule has 0 amide bonds. The summed E-state index contributed by atoms with van der Waals surface area (Å²) in [6.07, 6.45) is -0.586. The monoisotopic (exact) mass is 388 g/mol. The molecule has 1 fully saturated rings. The fraction of sp³-hybridized carbons (Fsp3) is 0.350. The molecule has 0 spiro atoms. The van der Waals surface area contributed by atoms with Gasteiger partial charge in [-0.2, -0.15) is 23.5 Å². The Morgan fingerprint density at radius 3 is 2.71 bits per heavy atom. The van der Waals surface area contributed by atoms with Crippen LogP contribution >= 0.6 is 0 Å². The number of hydrogen-bond donors (Lipinski definition) is 2. The second kappa shape index (κ2) is 6.60. The van der Waals surface area contributed by atoms with Gasteiger partial charge in [0.1, 0.15) is 5.69 Å². The number of nitrogens with one attached hydrogen (secondary N) is 1. The van der Waals surface area contributed by atoms with Crippen molar-refractivity contribution in [3.63, 3.8) is 0 Å². The highest BCUT2D eigenvalue weighted by molar-refractivity contribution is 5.95. The van der Waals surface area contributed by atoms with Gasteiger partial charge < -0.3 is 5.11 Å². The summed E-state index contributed by atoms with van der Waals surface area (Å²) in [4.78, 5) is 3.95. The van der Waals surface area contributed by atoms with E-state index in [1.807, 2.05) is 12.1 Å². The second-order valence-corrected chi connectivity index (χ2v) is 7.09. The van der Waals surface area contributed by atoms with Crippen molar-refractivity contribution in [1.29, 1.82) is 5.26 Å². The topological polar surface area (TPSA) is 85.6 Å². The number of aliphatic hydroxyl groups excluding tert-OH is 1. The third-order valence-corrected chi connectivity index (χ3v) is 5.18. The van der Waals surface area contributed by atoms with E-state index in [0.717, 1.165) is 24.0 Å². The van der Waals surface area contributed by atoms with E-state index in [0.29, 0.717) is 24.0 Å². The first-order chi connectivity index (χ1) is 13.4. The number of benzene rings is 1. The van der Waals surface area contributed by atoms with Crippen molar-refractivity contribution in [2.75, 3.05) is 6.61 Å². The fourth-order valence-corrected chi connectivity index (χ4v) is 3.53. The Morgan fingerprint density at radius 1 is 1.29 bits per heavy atom. The number of aliphatic hydroxyl groups is 1. The van der Waals surface area contributed by atoms with Gasteiger partial charge in [0.25, 0.3) is 0 Å². The van der Waals surface area contributed by atoms with Crippen LogP contribution in [0.2, 0.25) is 0 Å². The van der Waals surface area contributed by atoms with Crippen LogP contribution in [0.25, 0.3) is 22.2 Å². The lowest BCUT2D eigenvalue weighted by atomic mass is 9.89. The van der Waals surface area contributed by atoms with Gasteiger partial charge in [0.2, 0.25) is 0 Å². The first-order valence-corrected chi connectivity index (χ1v) is 8.95. The molecule has 4 rings (SSSR count). The number of fused-ring (bicyclic) bond motifs is 1. The van der Waals surface area contributed by atoms with Gasteiger partial charge in [0.15, 0.2) is 5.65 Å². The third kappa shape index (κ3) is 3.12. The predicted molar refractivity (Wildman–Crippen MR) is 98.4 cm³/mol. The smallest absolute Gasteiger partial charge is 0.396 e. The Labute approximate surface area is 160 Å². The molecule has 8 heteroatoms. The average Bonchev–Trinajstić information content (AvgIpc) is 3.35. The lowest BCUT2D eigenvalue weighted by Gasteiger charge is -2.14. The summed E-state index contributed by atoms with van der Waals surface area (Å²) in [5, 5.41) is 24.4. The van der Waals surface area contributed by atoms with E-state index in [1.54, 1.807) is 6.07 Å². The number of aromatic amines is 1. The lowest BCUT2D eigenvalue weighted by molar-refractivity contribution is -0.139. The van der Waals surface area contributed by atoms with E-state index in [2.05, 4.69) is 21.3 Å². The number of hydrogen-bond acceptors (Lipinski definition) is 4. The average molecular weight is 388 g/mol. The normalized spacial score (nSPS) is 15.5. The van der Waals surface area contributed by atoms with E-state index in [1.165, 1.54) is 12.3 Å². The second-order valence-electron chi connectivity index (χ2n) is 7.09. The van der Waals surface area contributed by atoms with Gasteiger partial charge in [-0.3, -0.25) is 5.10 Å². The molecule has 0 atom stereocenters. The van der Waals surface area contributed by atoms with Crippen LogP contribution in [-0.2, 0) is 18.0 Å². The summed E-state index contributed by atoms with van der Waals surface area (Å²) in [6.45, 7) is 0.0163. The molecular weight excluding hydrogens is 369 g/mol. The molecule has 2 heterocycles. The number of halogens is 3. The zero-order valence-corrected chi connectivity index (χ0v) is 14.8. The molecule has 28 heavy (non-hydrogen) atoms. The number of aromatic nitrogens is 3. The minimum absolute atomic E-state index is 0. The van der Waals surface area contributed by atoms with E-state index >= 15 is 0 Å². The maximum atomic E-state index is 13.5. The van der Waals surface area contributed by atoms with Crippen LogP contribution in [0.1, 0.15) is 37.5 Å². The van der Waals surface area contributed by atoms with Gasteiger partial charge in [-0.15, -0.1) is 0 Å². The van der Waals surface area contributed by atoms with Gasteiger partial charge in [0.05, 0.1) is 16.9 Å².